The molecule has 0 unspecified atom stereocenters. The summed E-state index contributed by atoms with van der Waals surface area (Å²) in [6.45, 7) is 2.28. The van der Waals surface area contributed by atoms with E-state index in [9.17, 15) is 10.1 Å². The SMILES string of the molecule is CC[O][Pb][O][N+](=O)[O-]. The minimum absolute atomic E-state index is 0.511. The van der Waals surface area contributed by atoms with Gasteiger partial charge in [0, 0.05) is 0 Å². The second-order valence-corrected chi connectivity index (χ2v) is 3.31. The van der Waals surface area contributed by atoms with Gasteiger partial charge in [-0.15, -0.1) is 0 Å². The molecule has 0 rings (SSSR count). The summed E-state index contributed by atoms with van der Waals surface area (Å²) in [6, 6.07) is 0. The van der Waals surface area contributed by atoms with Crippen molar-refractivity contribution in [2.75, 3.05) is 6.61 Å². The van der Waals surface area contributed by atoms with E-state index in [0.29, 0.717) is 6.61 Å². The van der Waals surface area contributed by atoms with Crippen LogP contribution in [0.2, 0.25) is 0 Å². The van der Waals surface area contributed by atoms with E-state index in [0.717, 1.165) is 0 Å². The molecule has 0 aromatic rings. The van der Waals surface area contributed by atoms with Gasteiger partial charge >= 0.3 is 59.3 Å². The fourth-order valence-electron chi connectivity index (χ4n) is 0.116. The van der Waals surface area contributed by atoms with Crippen LogP contribution in [-0.2, 0) is 5.47 Å². The summed E-state index contributed by atoms with van der Waals surface area (Å²) in [6.07, 6.45) is 0. The first-order valence-corrected chi connectivity index (χ1v) is 5.13. The summed E-state index contributed by atoms with van der Waals surface area (Å²) >= 11 is -1.76. The van der Waals surface area contributed by atoms with Crippen LogP contribution in [0.4, 0.5) is 0 Å². The van der Waals surface area contributed by atoms with Crippen LogP contribution in [0.15, 0.2) is 0 Å². The van der Waals surface area contributed by atoms with Gasteiger partial charge in [0.2, 0.25) is 0 Å². The van der Waals surface area contributed by atoms with Crippen LogP contribution >= 0.6 is 0 Å². The molecule has 0 bridgehead atoms. The molecule has 0 heterocycles. The van der Waals surface area contributed by atoms with E-state index in [1.165, 1.54) is 0 Å². The molecular formula is C2H5NO4Pb. The van der Waals surface area contributed by atoms with Crippen LogP contribution in [0.5, 0.6) is 0 Å². The van der Waals surface area contributed by atoms with Gasteiger partial charge in [-0.2, -0.15) is 0 Å². The maximum atomic E-state index is 9.43. The number of nitrogens with zero attached hydrogens (tertiary/aromatic N) is 1. The number of hydrogen-bond donors (Lipinski definition) is 0. The van der Waals surface area contributed by atoms with Gasteiger partial charge in [-0.1, -0.05) is 0 Å². The molecule has 46 valence electrons. The molecule has 0 aromatic heterocycles. The summed E-state index contributed by atoms with van der Waals surface area (Å²) in [7, 11) is 0. The van der Waals surface area contributed by atoms with Crippen molar-refractivity contribution in [3.05, 3.63) is 10.1 Å². The Morgan fingerprint density at radius 1 is 1.88 bits per heavy atom. The van der Waals surface area contributed by atoms with Gasteiger partial charge in [0.1, 0.15) is 0 Å². The second kappa shape index (κ2) is 5.22. The van der Waals surface area contributed by atoms with Crippen molar-refractivity contribution in [1.29, 1.82) is 0 Å². The Hall–Kier alpha value is 0.0821. The van der Waals surface area contributed by atoms with E-state index in [-0.39, 0.29) is 0 Å². The average molecular weight is 314 g/mol. The van der Waals surface area contributed by atoms with Crippen molar-refractivity contribution in [2.45, 2.75) is 6.92 Å². The van der Waals surface area contributed by atoms with E-state index in [2.05, 4.69) is 5.47 Å². The van der Waals surface area contributed by atoms with Crippen LogP contribution in [0, 0.1) is 10.1 Å². The quantitative estimate of drug-likeness (QED) is 0.311. The monoisotopic (exact) mass is 315 g/mol. The summed E-state index contributed by atoms with van der Waals surface area (Å²) in [4.78, 5) is 9.43. The third-order valence-corrected chi connectivity index (χ3v) is 2.76. The van der Waals surface area contributed by atoms with E-state index in [1.54, 1.807) is 6.92 Å². The molecule has 0 aliphatic carbocycles. The molecule has 0 saturated heterocycles. The van der Waals surface area contributed by atoms with Gasteiger partial charge in [0.05, 0.1) is 0 Å². The third-order valence-electron chi connectivity index (χ3n) is 0.315. The van der Waals surface area contributed by atoms with E-state index in [1.807, 2.05) is 0 Å². The Labute approximate surface area is 59.6 Å². The van der Waals surface area contributed by atoms with Crippen molar-refractivity contribution < 1.29 is 10.6 Å². The molecule has 0 amide bonds. The molecule has 5 nitrogen and oxygen atoms in total. The first kappa shape index (κ1) is 8.08. The Bertz CT molecular complexity index is 76.4. The zero-order chi connectivity index (χ0) is 6.41. The first-order chi connectivity index (χ1) is 3.77. The molecule has 0 aromatic carbocycles. The van der Waals surface area contributed by atoms with E-state index < -0.39 is 30.2 Å². The van der Waals surface area contributed by atoms with Crippen molar-refractivity contribution in [2.24, 2.45) is 0 Å². The minimum atomic E-state index is -1.76. The van der Waals surface area contributed by atoms with Gasteiger partial charge in [-0.05, 0) is 0 Å². The predicted molar refractivity (Wildman–Crippen MR) is 25.5 cm³/mol. The Kier molecular flexibility index (Phi) is 5.28. The molecule has 0 fully saturated rings. The molecule has 0 atom stereocenters. The molecule has 6 heteroatoms. The van der Waals surface area contributed by atoms with Gasteiger partial charge in [0.15, 0.2) is 0 Å². The standard InChI is InChI=1S/C2H5O.NO3.Pb/c1-2-3;2-1(3)4;/h2H2,1H3;;/q2*-1;+2. The predicted octanol–water partition coefficient (Wildman–Crippen LogP) is -0.235. The molecule has 0 N–H and O–H groups in total. The van der Waals surface area contributed by atoms with Crippen molar-refractivity contribution in [1.82, 2.24) is 0 Å². The van der Waals surface area contributed by atoms with Crippen molar-refractivity contribution in [3.63, 3.8) is 0 Å². The fraction of sp³-hybridized carbons (Fsp3) is 1.00. The van der Waals surface area contributed by atoms with Gasteiger partial charge in [0.25, 0.3) is 0 Å². The molecule has 0 aliphatic rings. The van der Waals surface area contributed by atoms with Crippen LogP contribution in [-0.4, -0.2) is 36.8 Å². The van der Waals surface area contributed by atoms with Crippen molar-refractivity contribution >= 4 is 25.1 Å². The van der Waals surface area contributed by atoms with Crippen LogP contribution < -0.4 is 0 Å². The topological polar surface area (TPSA) is 61.6 Å². The number of hydrogen-bond acceptors (Lipinski definition) is 4. The van der Waals surface area contributed by atoms with E-state index >= 15 is 0 Å². The second-order valence-electron chi connectivity index (χ2n) is 0.831. The zero-order valence-corrected chi connectivity index (χ0v) is 8.17. The van der Waals surface area contributed by atoms with Gasteiger partial charge < -0.3 is 0 Å². The van der Waals surface area contributed by atoms with Crippen molar-refractivity contribution in [3.8, 4) is 0 Å². The van der Waals surface area contributed by atoms with Crippen LogP contribution in [0.3, 0.4) is 0 Å². The normalized spacial score (nSPS) is 8.62. The third kappa shape index (κ3) is 6.08. The molecule has 0 spiro atoms. The van der Waals surface area contributed by atoms with Gasteiger partial charge in [-0.3, -0.25) is 0 Å². The number of rotatable bonds is 4. The summed E-state index contributed by atoms with van der Waals surface area (Å²) < 4.78 is 8.65. The summed E-state index contributed by atoms with van der Waals surface area (Å²) in [5, 5.41) is 8.62. The van der Waals surface area contributed by atoms with Gasteiger partial charge in [-0.25, -0.2) is 0 Å². The molecule has 0 saturated carbocycles. The molecule has 8 heavy (non-hydrogen) atoms. The van der Waals surface area contributed by atoms with Crippen LogP contribution in [0.25, 0.3) is 0 Å². The Morgan fingerprint density at radius 3 is 2.88 bits per heavy atom. The molecule has 0 aliphatic heterocycles. The summed E-state index contributed by atoms with van der Waals surface area (Å²) in [5.74, 6) is 0. The molecular weight excluding hydrogens is 309 g/mol. The first-order valence-electron chi connectivity index (χ1n) is 1.95. The zero-order valence-electron chi connectivity index (χ0n) is 4.29. The average Bonchev–Trinajstić information content (AvgIpc) is 1.66. The van der Waals surface area contributed by atoms with E-state index in [4.69, 9.17) is 0 Å². The fourth-order valence-corrected chi connectivity index (χ4v) is 1.02. The maximum absolute atomic E-state index is 9.43. The molecule has 2 radical (unpaired) electrons. The Morgan fingerprint density at radius 2 is 2.50 bits per heavy atom. The Balaban J connectivity index is 2.82. The van der Waals surface area contributed by atoms with Crippen LogP contribution in [0.1, 0.15) is 6.92 Å². The summed E-state index contributed by atoms with van der Waals surface area (Å²) in [5.41, 5.74) is 0.